The van der Waals surface area contributed by atoms with Gasteiger partial charge in [-0.15, -0.1) is 0 Å². The lowest BCUT2D eigenvalue weighted by molar-refractivity contribution is 0.0459. The van der Waals surface area contributed by atoms with Crippen molar-refractivity contribution in [1.82, 2.24) is 0 Å². The molecule has 3 nitrogen and oxygen atoms in total. The van der Waals surface area contributed by atoms with Crippen molar-refractivity contribution in [1.29, 1.82) is 0 Å². The molecular formula is C11H14ClNO2. The molecule has 15 heavy (non-hydrogen) atoms. The molecule has 0 fully saturated rings. The maximum absolute atomic E-state index is 11.5. The molecule has 2 N–H and O–H groups in total. The van der Waals surface area contributed by atoms with E-state index in [1.165, 1.54) is 6.07 Å². The van der Waals surface area contributed by atoms with E-state index in [2.05, 4.69) is 0 Å². The minimum atomic E-state index is -0.368. The molecule has 1 rings (SSSR count). The van der Waals surface area contributed by atoms with Crippen LogP contribution in [0.25, 0.3) is 0 Å². The van der Waals surface area contributed by atoms with E-state index in [0.717, 1.165) is 0 Å². The highest BCUT2D eigenvalue weighted by Crippen LogP contribution is 2.19. The van der Waals surface area contributed by atoms with Crippen molar-refractivity contribution < 1.29 is 9.53 Å². The third-order valence-corrected chi connectivity index (χ3v) is 2.12. The summed E-state index contributed by atoms with van der Waals surface area (Å²) in [6.45, 7) is 4.36. The molecule has 4 heteroatoms. The van der Waals surface area contributed by atoms with Crippen molar-refractivity contribution >= 4 is 23.3 Å². The summed E-state index contributed by atoms with van der Waals surface area (Å²) in [4.78, 5) is 11.5. The van der Waals surface area contributed by atoms with Crippen molar-refractivity contribution in [2.75, 3.05) is 12.3 Å². The second kappa shape index (κ2) is 5.03. The van der Waals surface area contributed by atoms with Gasteiger partial charge in [0.25, 0.3) is 0 Å². The molecule has 0 atom stereocenters. The fourth-order valence-corrected chi connectivity index (χ4v) is 1.11. The summed E-state index contributed by atoms with van der Waals surface area (Å²) < 4.78 is 5.05. The summed E-state index contributed by atoms with van der Waals surface area (Å²) in [5, 5.41) is 0.440. The molecule has 0 radical (unpaired) electrons. The van der Waals surface area contributed by atoms with Crippen LogP contribution in [0.3, 0.4) is 0 Å². The van der Waals surface area contributed by atoms with Crippen LogP contribution < -0.4 is 5.73 Å². The number of nitrogens with two attached hydrogens (primary N) is 1. The molecular weight excluding hydrogens is 214 g/mol. The topological polar surface area (TPSA) is 52.3 Å². The predicted molar refractivity (Wildman–Crippen MR) is 61.0 cm³/mol. The highest BCUT2D eigenvalue weighted by Gasteiger charge is 2.09. The second-order valence-corrected chi connectivity index (χ2v) is 4.14. The van der Waals surface area contributed by atoms with Gasteiger partial charge in [-0.05, 0) is 24.1 Å². The van der Waals surface area contributed by atoms with Gasteiger partial charge in [0, 0.05) is 0 Å². The molecule has 0 saturated heterocycles. The molecule has 1 aromatic carbocycles. The minimum absolute atomic E-state index is 0.318. The van der Waals surface area contributed by atoms with Gasteiger partial charge < -0.3 is 10.5 Å². The monoisotopic (exact) mass is 227 g/mol. The van der Waals surface area contributed by atoms with Crippen LogP contribution in [0.15, 0.2) is 18.2 Å². The third-order valence-electron chi connectivity index (χ3n) is 1.78. The number of carbonyl (C=O) groups is 1. The van der Waals surface area contributed by atoms with Crippen LogP contribution in [-0.2, 0) is 4.74 Å². The number of hydrogen-bond acceptors (Lipinski definition) is 3. The van der Waals surface area contributed by atoms with Gasteiger partial charge in [0.2, 0.25) is 0 Å². The second-order valence-electron chi connectivity index (χ2n) is 3.73. The fourth-order valence-electron chi connectivity index (χ4n) is 0.996. The quantitative estimate of drug-likeness (QED) is 0.638. The standard InChI is InChI=1S/C11H14ClNO2/c1-7(2)6-15-11(14)8-3-4-9(12)10(13)5-8/h3-5,7H,6,13H2,1-2H3. The molecule has 0 aliphatic heterocycles. The van der Waals surface area contributed by atoms with Gasteiger partial charge in [-0.2, -0.15) is 0 Å². The average molecular weight is 228 g/mol. The maximum atomic E-state index is 11.5. The van der Waals surface area contributed by atoms with E-state index < -0.39 is 0 Å². The number of hydrogen-bond donors (Lipinski definition) is 1. The van der Waals surface area contributed by atoms with Crippen LogP contribution in [0.5, 0.6) is 0 Å². The van der Waals surface area contributed by atoms with Crippen molar-refractivity contribution in [2.24, 2.45) is 5.92 Å². The van der Waals surface area contributed by atoms with Crippen LogP contribution in [0, 0.1) is 5.92 Å². The molecule has 0 aliphatic carbocycles. The molecule has 82 valence electrons. The molecule has 0 spiro atoms. The van der Waals surface area contributed by atoms with Gasteiger partial charge in [-0.3, -0.25) is 0 Å². The molecule has 0 heterocycles. The normalized spacial score (nSPS) is 10.4. The molecule has 0 aromatic heterocycles. The smallest absolute Gasteiger partial charge is 0.338 e. The lowest BCUT2D eigenvalue weighted by Gasteiger charge is -2.07. The predicted octanol–water partition coefficient (Wildman–Crippen LogP) is 2.74. The molecule has 0 bridgehead atoms. The van der Waals surface area contributed by atoms with E-state index in [-0.39, 0.29) is 5.97 Å². The van der Waals surface area contributed by atoms with Gasteiger partial charge in [0.05, 0.1) is 22.9 Å². The summed E-state index contributed by atoms with van der Waals surface area (Å²) in [5.41, 5.74) is 6.39. The van der Waals surface area contributed by atoms with Crippen LogP contribution in [0.2, 0.25) is 5.02 Å². The Morgan fingerprint density at radius 1 is 1.53 bits per heavy atom. The van der Waals surface area contributed by atoms with E-state index in [1.807, 2.05) is 13.8 Å². The maximum Gasteiger partial charge on any atom is 0.338 e. The van der Waals surface area contributed by atoms with Gasteiger partial charge in [-0.25, -0.2) is 4.79 Å². The van der Waals surface area contributed by atoms with Crippen molar-refractivity contribution in [3.05, 3.63) is 28.8 Å². The highest BCUT2D eigenvalue weighted by atomic mass is 35.5. The van der Waals surface area contributed by atoms with E-state index in [1.54, 1.807) is 12.1 Å². The van der Waals surface area contributed by atoms with E-state index in [0.29, 0.717) is 28.8 Å². The first-order valence-corrected chi connectivity index (χ1v) is 5.10. The zero-order valence-corrected chi connectivity index (χ0v) is 9.54. The summed E-state index contributed by atoms with van der Waals surface area (Å²) in [5.74, 6) is -0.0503. The molecule has 1 aromatic rings. The van der Waals surface area contributed by atoms with Crippen LogP contribution in [0.4, 0.5) is 5.69 Å². The van der Waals surface area contributed by atoms with Crippen molar-refractivity contribution in [3.8, 4) is 0 Å². The Kier molecular flexibility index (Phi) is 3.97. The van der Waals surface area contributed by atoms with Crippen LogP contribution in [0.1, 0.15) is 24.2 Å². The van der Waals surface area contributed by atoms with Crippen LogP contribution in [-0.4, -0.2) is 12.6 Å². The van der Waals surface area contributed by atoms with Crippen molar-refractivity contribution in [2.45, 2.75) is 13.8 Å². The van der Waals surface area contributed by atoms with Gasteiger partial charge in [0.1, 0.15) is 0 Å². The molecule has 0 aliphatic rings. The van der Waals surface area contributed by atoms with Gasteiger partial charge in [-0.1, -0.05) is 25.4 Å². The summed E-state index contributed by atoms with van der Waals surface area (Å²) >= 11 is 5.74. The first-order valence-electron chi connectivity index (χ1n) is 4.73. The summed E-state index contributed by atoms with van der Waals surface area (Å²) in [6, 6.07) is 4.70. The fraction of sp³-hybridized carbons (Fsp3) is 0.364. The number of halogens is 1. The Hall–Kier alpha value is -1.22. The molecule has 0 unspecified atom stereocenters. The van der Waals surface area contributed by atoms with Crippen LogP contribution >= 0.6 is 11.6 Å². The molecule has 0 amide bonds. The number of anilines is 1. The molecule has 0 saturated carbocycles. The number of carbonyl (C=O) groups excluding carboxylic acids is 1. The number of ether oxygens (including phenoxy) is 1. The van der Waals surface area contributed by atoms with Gasteiger partial charge >= 0.3 is 5.97 Å². The zero-order valence-electron chi connectivity index (χ0n) is 8.79. The zero-order chi connectivity index (χ0) is 11.4. The van der Waals surface area contributed by atoms with E-state index in [4.69, 9.17) is 22.1 Å². The number of nitrogen functional groups attached to an aromatic ring is 1. The Balaban J connectivity index is 2.70. The van der Waals surface area contributed by atoms with Gasteiger partial charge in [0.15, 0.2) is 0 Å². The largest absolute Gasteiger partial charge is 0.462 e. The van der Waals surface area contributed by atoms with E-state index in [9.17, 15) is 4.79 Å². The highest BCUT2D eigenvalue weighted by molar-refractivity contribution is 6.33. The third kappa shape index (κ3) is 3.44. The number of esters is 1. The summed E-state index contributed by atoms with van der Waals surface area (Å²) in [7, 11) is 0. The Labute approximate surface area is 94.2 Å². The number of benzene rings is 1. The average Bonchev–Trinajstić information content (AvgIpc) is 2.18. The van der Waals surface area contributed by atoms with E-state index >= 15 is 0 Å². The lowest BCUT2D eigenvalue weighted by Crippen LogP contribution is -2.10. The Morgan fingerprint density at radius 2 is 2.20 bits per heavy atom. The Bertz CT molecular complexity index is 364. The lowest BCUT2D eigenvalue weighted by atomic mass is 10.2. The SMILES string of the molecule is CC(C)COC(=O)c1ccc(Cl)c(N)c1. The van der Waals surface area contributed by atoms with Crippen molar-refractivity contribution in [3.63, 3.8) is 0 Å². The Morgan fingerprint density at radius 3 is 2.73 bits per heavy atom. The first kappa shape index (κ1) is 11.9. The first-order chi connectivity index (χ1) is 7.00. The number of rotatable bonds is 3. The minimum Gasteiger partial charge on any atom is -0.462 e. The summed E-state index contributed by atoms with van der Waals surface area (Å²) in [6.07, 6.45) is 0.